The van der Waals surface area contributed by atoms with E-state index < -0.39 is 15.5 Å². The molecular weight excluding hydrogens is 604 g/mol. The maximum Gasteiger partial charge on any atom is 0.294 e. The first-order chi connectivity index (χ1) is 21.8. The topological polar surface area (TPSA) is 148 Å². The van der Waals surface area contributed by atoms with Crippen molar-refractivity contribution >= 4 is 33.1 Å². The smallest absolute Gasteiger partial charge is 0.294 e. The van der Waals surface area contributed by atoms with Gasteiger partial charge in [0.2, 0.25) is 11.6 Å². The molecule has 2 aromatic rings. The summed E-state index contributed by atoms with van der Waals surface area (Å²) in [7, 11) is -4.33. The number of fused-ring (bicyclic) bond motifs is 8. The van der Waals surface area contributed by atoms with Crippen LogP contribution in [0.15, 0.2) is 69.3 Å². The molecule has 0 radical (unpaired) electrons. The fourth-order valence-corrected chi connectivity index (χ4v) is 8.77. The number of anilines is 1. The molecular formula is C34H39N6O5S+. The molecule has 1 amide bonds. The minimum absolute atomic E-state index is 0.0191. The third kappa shape index (κ3) is 4.78. The van der Waals surface area contributed by atoms with Gasteiger partial charge in [-0.2, -0.15) is 13.0 Å². The zero-order valence-corrected chi connectivity index (χ0v) is 27.4. The number of ether oxygens (including phenoxy) is 1. The molecule has 0 fully saturated rings. The standard InChI is InChI=1S/C34H38N6O5S/c1-33(2)24-16-20(17-30(41)36-12-5-13-37-38-35)6-8-26(24)39-14-10-28-22(31(33)39)19-23-29(45-28)11-15-40-27-9-7-21(46(42,43)44)18-25(27)34(3,4)32(23)40/h6-9,16,18-19,28-29H,5,10-15,17H2,1-4H3,(H-,36,41,42,43,44)/p+1. The summed E-state index contributed by atoms with van der Waals surface area (Å²) in [5.74, 6) is -0.0595. The Hall–Kier alpha value is -3.96. The third-order valence-electron chi connectivity index (χ3n) is 10.3. The molecule has 0 saturated heterocycles. The number of benzene rings is 2. The van der Waals surface area contributed by atoms with Crippen molar-refractivity contribution in [3.05, 3.63) is 86.5 Å². The van der Waals surface area contributed by atoms with E-state index in [-0.39, 0.29) is 34.8 Å². The molecule has 240 valence electrons. The first kappa shape index (κ1) is 30.7. The summed E-state index contributed by atoms with van der Waals surface area (Å²) in [5.41, 5.74) is 17.4. The number of azide groups is 1. The summed E-state index contributed by atoms with van der Waals surface area (Å²) < 4.78 is 43.0. The maximum absolute atomic E-state index is 12.7. The van der Waals surface area contributed by atoms with Gasteiger partial charge in [0, 0.05) is 70.5 Å². The van der Waals surface area contributed by atoms with Crippen LogP contribution in [-0.4, -0.2) is 67.6 Å². The second kappa shape index (κ2) is 10.8. The van der Waals surface area contributed by atoms with Gasteiger partial charge >= 0.3 is 0 Å². The third-order valence-corrected chi connectivity index (χ3v) is 11.1. The Bertz CT molecular complexity index is 1940. The Morgan fingerprint density at radius 3 is 2.70 bits per heavy atom. The zero-order valence-electron chi connectivity index (χ0n) is 26.6. The summed E-state index contributed by atoms with van der Waals surface area (Å²) in [5, 5.41) is 6.43. The molecule has 0 bridgehead atoms. The van der Waals surface area contributed by atoms with Gasteiger partial charge in [-0.1, -0.05) is 31.1 Å². The fraction of sp³-hybridized carbons (Fsp3) is 0.471. The van der Waals surface area contributed by atoms with Gasteiger partial charge in [0.05, 0.1) is 28.9 Å². The summed E-state index contributed by atoms with van der Waals surface area (Å²) in [6, 6.07) is 11.2. The molecule has 12 heteroatoms. The van der Waals surface area contributed by atoms with Crippen LogP contribution in [0, 0.1) is 0 Å². The van der Waals surface area contributed by atoms with Crippen LogP contribution in [0.25, 0.3) is 10.4 Å². The monoisotopic (exact) mass is 643 g/mol. The minimum atomic E-state index is -4.33. The molecule has 2 N–H and O–H groups in total. The molecule has 2 atom stereocenters. The van der Waals surface area contributed by atoms with Gasteiger partial charge < -0.3 is 15.0 Å². The Morgan fingerprint density at radius 1 is 1.13 bits per heavy atom. The number of nitrogens with one attached hydrogen (secondary N) is 1. The summed E-state index contributed by atoms with van der Waals surface area (Å²) in [6.07, 6.45) is 4.85. The van der Waals surface area contributed by atoms with Crippen molar-refractivity contribution in [3.8, 4) is 0 Å². The highest BCUT2D eigenvalue weighted by atomic mass is 32.2. The minimum Gasteiger partial charge on any atom is -0.365 e. The lowest BCUT2D eigenvalue weighted by molar-refractivity contribution is -0.445. The Labute approximate surface area is 269 Å². The maximum atomic E-state index is 12.7. The van der Waals surface area contributed by atoms with Crippen molar-refractivity contribution < 1.29 is 27.1 Å². The van der Waals surface area contributed by atoms with Crippen LogP contribution >= 0.6 is 0 Å². The van der Waals surface area contributed by atoms with Crippen LogP contribution in [0.5, 0.6) is 0 Å². The van der Waals surface area contributed by atoms with E-state index >= 15 is 0 Å². The molecule has 0 aliphatic carbocycles. The van der Waals surface area contributed by atoms with E-state index in [1.165, 1.54) is 22.9 Å². The van der Waals surface area contributed by atoms with Gasteiger partial charge in [-0.15, -0.1) is 0 Å². The predicted octanol–water partition coefficient (Wildman–Crippen LogP) is 5.22. The predicted molar refractivity (Wildman–Crippen MR) is 174 cm³/mol. The SMILES string of the molecule is CC1(C)C2=C3C=C4C5=[N+](CCC4OC3CCN2c2ccc(CC(=O)NCCCN=[N+]=[N-])cc21)c1ccc(S(=O)(=O)O)cc1C5(C)C. The molecule has 7 rings (SSSR count). The van der Waals surface area contributed by atoms with E-state index in [9.17, 15) is 17.8 Å². The van der Waals surface area contributed by atoms with Crippen LogP contribution in [0.3, 0.4) is 0 Å². The lowest BCUT2D eigenvalue weighted by Crippen LogP contribution is -2.47. The molecule has 0 spiro atoms. The van der Waals surface area contributed by atoms with Gasteiger partial charge in [-0.3, -0.25) is 9.35 Å². The van der Waals surface area contributed by atoms with Crippen LogP contribution in [0.1, 0.15) is 63.6 Å². The van der Waals surface area contributed by atoms with E-state index in [0.717, 1.165) is 59.7 Å². The number of hydrogen-bond donors (Lipinski definition) is 2. The highest BCUT2D eigenvalue weighted by Crippen LogP contribution is 2.54. The Morgan fingerprint density at radius 2 is 1.93 bits per heavy atom. The number of amides is 1. The first-order valence-electron chi connectivity index (χ1n) is 15.9. The van der Waals surface area contributed by atoms with Crippen molar-refractivity contribution in [1.82, 2.24) is 5.32 Å². The van der Waals surface area contributed by atoms with Crippen molar-refractivity contribution in [2.24, 2.45) is 5.11 Å². The average Bonchev–Trinajstić information content (AvgIpc) is 3.38. The molecule has 5 aliphatic heterocycles. The normalized spacial score (nSPS) is 23.3. The first-order valence-corrected chi connectivity index (χ1v) is 17.3. The van der Waals surface area contributed by atoms with E-state index in [2.05, 4.69) is 70.7 Å². The van der Waals surface area contributed by atoms with Crippen molar-refractivity contribution in [2.75, 3.05) is 31.1 Å². The largest absolute Gasteiger partial charge is 0.365 e. The molecule has 46 heavy (non-hydrogen) atoms. The molecule has 5 heterocycles. The van der Waals surface area contributed by atoms with Gasteiger partial charge in [0.25, 0.3) is 10.1 Å². The Kier molecular flexibility index (Phi) is 7.21. The molecule has 0 saturated carbocycles. The lowest BCUT2D eigenvalue weighted by Gasteiger charge is -2.42. The summed E-state index contributed by atoms with van der Waals surface area (Å²) in [6.45, 7) is 11.2. The van der Waals surface area contributed by atoms with Crippen LogP contribution in [-0.2, 0) is 36.9 Å². The van der Waals surface area contributed by atoms with Crippen molar-refractivity contribution in [1.29, 1.82) is 0 Å². The van der Waals surface area contributed by atoms with E-state index in [1.54, 1.807) is 6.07 Å². The highest BCUT2D eigenvalue weighted by molar-refractivity contribution is 7.85. The molecule has 11 nitrogen and oxygen atoms in total. The molecule has 0 aromatic heterocycles. The van der Waals surface area contributed by atoms with Crippen molar-refractivity contribution in [3.63, 3.8) is 0 Å². The van der Waals surface area contributed by atoms with Crippen LogP contribution in [0.4, 0.5) is 11.4 Å². The number of allylic oxidation sites excluding steroid dienone is 1. The number of rotatable bonds is 7. The van der Waals surface area contributed by atoms with Gasteiger partial charge in [0.1, 0.15) is 0 Å². The van der Waals surface area contributed by atoms with Crippen LogP contribution < -0.4 is 10.2 Å². The van der Waals surface area contributed by atoms with Crippen molar-refractivity contribution in [2.45, 2.75) is 81.3 Å². The van der Waals surface area contributed by atoms with E-state index in [1.807, 2.05) is 12.1 Å². The average molecular weight is 644 g/mol. The van der Waals surface area contributed by atoms with Gasteiger partial charge in [0.15, 0.2) is 12.3 Å². The fourth-order valence-electron chi connectivity index (χ4n) is 8.26. The summed E-state index contributed by atoms with van der Waals surface area (Å²) in [4.78, 5) is 17.7. The van der Waals surface area contributed by atoms with Gasteiger partial charge in [-0.05, 0) is 67.6 Å². The second-order valence-corrected chi connectivity index (χ2v) is 15.3. The van der Waals surface area contributed by atoms with Gasteiger partial charge in [-0.25, -0.2) is 0 Å². The summed E-state index contributed by atoms with van der Waals surface area (Å²) >= 11 is 0. The second-order valence-electron chi connectivity index (χ2n) is 13.8. The number of carbonyl (C=O) groups excluding carboxylic acids is 1. The van der Waals surface area contributed by atoms with E-state index in [4.69, 9.17) is 10.3 Å². The number of nitrogens with zero attached hydrogens (tertiary/aromatic N) is 5. The zero-order chi connectivity index (χ0) is 32.6. The highest BCUT2D eigenvalue weighted by Gasteiger charge is 2.54. The lowest BCUT2D eigenvalue weighted by atomic mass is 9.74. The quantitative estimate of drug-likeness (QED) is 0.106. The number of carbonyl (C=O) groups is 1. The molecule has 5 aliphatic rings. The van der Waals surface area contributed by atoms with E-state index in [0.29, 0.717) is 19.5 Å². The number of hydrogen-bond acceptors (Lipinski definition) is 6. The molecule has 2 unspecified atom stereocenters. The Balaban J connectivity index is 1.24. The molecule has 2 aromatic carbocycles. The van der Waals surface area contributed by atoms with Crippen LogP contribution in [0.2, 0.25) is 0 Å².